The maximum atomic E-state index is 13.2. The van der Waals surface area contributed by atoms with Crippen molar-refractivity contribution in [2.45, 2.75) is 19.3 Å². The topological polar surface area (TPSA) is 38.3 Å². The molecule has 1 amide bonds. The zero-order valence-electron chi connectivity index (χ0n) is 10.8. The summed E-state index contributed by atoms with van der Waals surface area (Å²) in [5.74, 6) is 0.00815. The molecule has 1 fully saturated rings. The lowest BCUT2D eigenvalue weighted by Crippen LogP contribution is -2.30. The second kappa shape index (κ2) is 5.78. The average Bonchev–Trinajstić information content (AvgIpc) is 3.17. The number of halogens is 2. The summed E-state index contributed by atoms with van der Waals surface area (Å²) < 4.78 is 18.1. The van der Waals surface area contributed by atoms with E-state index in [1.807, 2.05) is 0 Å². The fourth-order valence-corrected chi connectivity index (χ4v) is 2.46. The number of hydrogen-bond donors (Lipinski definition) is 1. The van der Waals surface area contributed by atoms with Crippen molar-refractivity contribution in [2.24, 2.45) is 5.41 Å². The number of benzene rings is 1. The molecule has 0 heterocycles. The third-order valence-electron chi connectivity index (χ3n) is 3.62. The molecule has 1 aromatic rings. The van der Waals surface area contributed by atoms with Crippen molar-refractivity contribution < 1.29 is 13.9 Å². The normalized spacial score (nSPS) is 15.9. The van der Waals surface area contributed by atoms with Gasteiger partial charge in [0.05, 0.1) is 7.11 Å². The van der Waals surface area contributed by atoms with Crippen molar-refractivity contribution in [1.29, 1.82) is 0 Å². The maximum absolute atomic E-state index is 13.2. The Hall–Kier alpha value is -1.29. The lowest BCUT2D eigenvalue weighted by molar-refractivity contribution is 0.0944. The van der Waals surface area contributed by atoms with Gasteiger partial charge in [0.1, 0.15) is 0 Å². The van der Waals surface area contributed by atoms with Gasteiger partial charge >= 0.3 is 0 Å². The van der Waals surface area contributed by atoms with Gasteiger partial charge in [-0.05, 0) is 42.9 Å². The zero-order valence-corrected chi connectivity index (χ0v) is 11.6. The van der Waals surface area contributed by atoms with E-state index in [-0.39, 0.29) is 17.1 Å². The number of ether oxygens (including phenoxy) is 1. The Kier molecular flexibility index (Phi) is 4.30. The Morgan fingerprint density at radius 2 is 2.26 bits per heavy atom. The number of alkyl halides is 1. The highest BCUT2D eigenvalue weighted by atomic mass is 35.5. The molecule has 0 radical (unpaired) electrons. The molecular weight excluding hydrogens is 269 g/mol. The van der Waals surface area contributed by atoms with Gasteiger partial charge < -0.3 is 10.1 Å². The summed E-state index contributed by atoms with van der Waals surface area (Å²) >= 11 is 5.74. The summed E-state index contributed by atoms with van der Waals surface area (Å²) in [6, 6.07) is 4.10. The van der Waals surface area contributed by atoms with E-state index in [0.717, 1.165) is 19.3 Å². The standard InChI is InChI=1S/C14H17ClFNO2/c1-19-12-8-10(2-3-11(12)16)13(18)17-9-14(4-5-14)6-7-15/h2-3,8H,4-7,9H2,1H3,(H,17,18). The van der Waals surface area contributed by atoms with Crippen molar-refractivity contribution in [3.05, 3.63) is 29.6 Å². The minimum Gasteiger partial charge on any atom is -0.494 e. The second-order valence-corrected chi connectivity index (χ2v) is 5.35. The first-order valence-electron chi connectivity index (χ1n) is 6.28. The van der Waals surface area contributed by atoms with Crippen LogP contribution in [0.3, 0.4) is 0 Å². The monoisotopic (exact) mass is 285 g/mol. The smallest absolute Gasteiger partial charge is 0.251 e. The molecule has 0 saturated heterocycles. The van der Waals surface area contributed by atoms with Crippen LogP contribution in [0, 0.1) is 11.2 Å². The molecule has 0 atom stereocenters. The zero-order chi connectivity index (χ0) is 13.9. The largest absolute Gasteiger partial charge is 0.494 e. The summed E-state index contributed by atoms with van der Waals surface area (Å²) in [4.78, 5) is 12.0. The predicted molar refractivity (Wildman–Crippen MR) is 72.3 cm³/mol. The summed E-state index contributed by atoms with van der Waals surface area (Å²) in [6.45, 7) is 0.623. The Labute approximate surface area is 117 Å². The van der Waals surface area contributed by atoms with Gasteiger partial charge in [0.25, 0.3) is 5.91 Å². The van der Waals surface area contributed by atoms with Crippen LogP contribution in [-0.2, 0) is 0 Å². The van der Waals surface area contributed by atoms with E-state index in [9.17, 15) is 9.18 Å². The molecule has 1 saturated carbocycles. The molecule has 3 nitrogen and oxygen atoms in total. The van der Waals surface area contributed by atoms with E-state index in [4.69, 9.17) is 16.3 Å². The molecule has 0 bridgehead atoms. The molecule has 5 heteroatoms. The third-order valence-corrected chi connectivity index (χ3v) is 3.81. The van der Waals surface area contributed by atoms with Crippen LogP contribution in [0.15, 0.2) is 18.2 Å². The fourth-order valence-electron chi connectivity index (χ4n) is 2.06. The van der Waals surface area contributed by atoms with E-state index < -0.39 is 5.82 Å². The van der Waals surface area contributed by atoms with Crippen LogP contribution < -0.4 is 10.1 Å². The molecule has 2 rings (SSSR count). The van der Waals surface area contributed by atoms with Crippen molar-refractivity contribution >= 4 is 17.5 Å². The van der Waals surface area contributed by atoms with Crippen molar-refractivity contribution in [1.82, 2.24) is 5.32 Å². The van der Waals surface area contributed by atoms with Crippen LogP contribution in [-0.4, -0.2) is 25.4 Å². The highest BCUT2D eigenvalue weighted by molar-refractivity contribution is 6.17. The number of methoxy groups -OCH3 is 1. The van der Waals surface area contributed by atoms with E-state index in [0.29, 0.717) is 18.0 Å². The van der Waals surface area contributed by atoms with Crippen molar-refractivity contribution in [3.63, 3.8) is 0 Å². The predicted octanol–water partition coefficient (Wildman–Crippen LogP) is 2.97. The minimum atomic E-state index is -0.472. The van der Waals surface area contributed by atoms with Crippen LogP contribution in [0.4, 0.5) is 4.39 Å². The molecule has 1 aromatic carbocycles. The van der Waals surface area contributed by atoms with Crippen LogP contribution in [0.2, 0.25) is 0 Å². The highest BCUT2D eigenvalue weighted by Crippen LogP contribution is 2.48. The van der Waals surface area contributed by atoms with Gasteiger partial charge in [0.2, 0.25) is 0 Å². The number of nitrogens with one attached hydrogen (secondary N) is 1. The summed E-state index contributed by atoms with van der Waals surface area (Å²) in [7, 11) is 1.37. The van der Waals surface area contributed by atoms with Gasteiger partial charge in [-0.3, -0.25) is 4.79 Å². The molecule has 104 valence electrons. The van der Waals surface area contributed by atoms with Crippen molar-refractivity contribution in [2.75, 3.05) is 19.5 Å². The quantitative estimate of drug-likeness (QED) is 0.816. The number of rotatable bonds is 6. The van der Waals surface area contributed by atoms with Crippen LogP contribution in [0.5, 0.6) is 5.75 Å². The number of hydrogen-bond acceptors (Lipinski definition) is 2. The van der Waals surface area contributed by atoms with E-state index in [2.05, 4.69) is 5.32 Å². The van der Waals surface area contributed by atoms with Gasteiger partial charge in [-0.1, -0.05) is 0 Å². The first-order valence-corrected chi connectivity index (χ1v) is 6.81. The molecule has 1 N–H and O–H groups in total. The Morgan fingerprint density at radius 1 is 1.53 bits per heavy atom. The summed E-state index contributed by atoms with van der Waals surface area (Å²) in [5, 5.41) is 2.88. The van der Waals surface area contributed by atoms with Crippen molar-refractivity contribution in [3.8, 4) is 5.75 Å². The SMILES string of the molecule is COc1cc(C(=O)NCC2(CCCl)CC2)ccc1F. The first kappa shape index (κ1) is 14.1. The molecule has 1 aliphatic carbocycles. The lowest BCUT2D eigenvalue weighted by atomic mass is 10.0. The van der Waals surface area contributed by atoms with Gasteiger partial charge in [-0.2, -0.15) is 0 Å². The molecule has 0 unspecified atom stereocenters. The van der Waals surface area contributed by atoms with Crippen LogP contribution >= 0.6 is 11.6 Å². The molecule has 0 aromatic heterocycles. The number of amides is 1. The molecular formula is C14H17ClFNO2. The van der Waals surface area contributed by atoms with Gasteiger partial charge in [0.15, 0.2) is 11.6 Å². The summed E-state index contributed by atoms with van der Waals surface area (Å²) in [5.41, 5.74) is 0.585. The average molecular weight is 286 g/mol. The van der Waals surface area contributed by atoms with Crippen LogP contribution in [0.1, 0.15) is 29.6 Å². The first-order chi connectivity index (χ1) is 9.10. The van der Waals surface area contributed by atoms with E-state index in [1.165, 1.54) is 25.3 Å². The third kappa shape index (κ3) is 3.38. The van der Waals surface area contributed by atoms with Crippen LogP contribution in [0.25, 0.3) is 0 Å². The van der Waals surface area contributed by atoms with E-state index >= 15 is 0 Å². The fraction of sp³-hybridized carbons (Fsp3) is 0.500. The highest BCUT2D eigenvalue weighted by Gasteiger charge is 2.41. The Balaban J connectivity index is 1.96. The number of carbonyl (C=O) groups excluding carboxylic acids is 1. The summed E-state index contributed by atoms with van der Waals surface area (Å²) in [6.07, 6.45) is 3.13. The maximum Gasteiger partial charge on any atom is 0.251 e. The Morgan fingerprint density at radius 3 is 2.84 bits per heavy atom. The van der Waals surface area contributed by atoms with E-state index in [1.54, 1.807) is 0 Å². The molecule has 19 heavy (non-hydrogen) atoms. The number of carbonyl (C=O) groups is 1. The van der Waals surface area contributed by atoms with Gasteiger partial charge in [-0.25, -0.2) is 4.39 Å². The molecule has 0 spiro atoms. The van der Waals surface area contributed by atoms with Gasteiger partial charge in [-0.15, -0.1) is 11.6 Å². The molecule has 1 aliphatic rings. The lowest BCUT2D eigenvalue weighted by Gasteiger charge is -2.14. The minimum absolute atomic E-state index is 0.0783. The Bertz CT molecular complexity index is 475. The second-order valence-electron chi connectivity index (χ2n) is 4.97. The van der Waals surface area contributed by atoms with Gasteiger partial charge in [0, 0.05) is 18.0 Å². The molecule has 0 aliphatic heterocycles.